The number of likely N-dealkylation sites (tertiary alicyclic amines) is 1. The molecule has 8 heteroatoms. The minimum absolute atomic E-state index is 0.0830. The van der Waals surface area contributed by atoms with E-state index in [1.165, 1.54) is 19.4 Å². The Morgan fingerprint density at radius 2 is 1.93 bits per heavy atom. The third kappa shape index (κ3) is 6.96. The number of benzene rings is 1. The molecule has 1 amide bonds. The van der Waals surface area contributed by atoms with E-state index in [-0.39, 0.29) is 17.2 Å². The van der Waals surface area contributed by atoms with Crippen LogP contribution in [0.15, 0.2) is 30.5 Å². The summed E-state index contributed by atoms with van der Waals surface area (Å²) in [7, 11) is 1.68. The highest BCUT2D eigenvalue weighted by Crippen LogP contribution is 2.60. The number of rotatable bonds is 15. The Bertz CT molecular complexity index is 1520. The van der Waals surface area contributed by atoms with E-state index in [9.17, 15) is 9.59 Å². The lowest BCUT2D eigenvalue weighted by molar-refractivity contribution is -0.126. The number of fused-ring (bicyclic) bond motifs is 1. The van der Waals surface area contributed by atoms with Gasteiger partial charge in [0.2, 0.25) is 5.91 Å². The zero-order valence-electron chi connectivity index (χ0n) is 27.7. The second-order valence-electron chi connectivity index (χ2n) is 14.1. The van der Waals surface area contributed by atoms with Gasteiger partial charge in [0.15, 0.2) is 0 Å². The third-order valence-electron chi connectivity index (χ3n) is 11.0. The summed E-state index contributed by atoms with van der Waals surface area (Å²) in [5.41, 5.74) is 3.19. The standard InChI is InChI=1S/C37H51N5O3/c1-5-28(43)10-8-7-9-15-37(6-2,41-34(44)30-22-36(30)16-18-42(19-17-36)24-26-12-13-26)35-38-23-32(40-35)29-20-27-14-11-25(3)39-31(27)21-33(29)45-4/h11,14,20-21,23,26,30H,5-10,12-13,15-19,22,24H2,1-4H3,(H,38,40)(H,41,44). The lowest BCUT2D eigenvalue weighted by Crippen LogP contribution is -2.48. The van der Waals surface area contributed by atoms with Crippen molar-refractivity contribution in [3.63, 3.8) is 0 Å². The number of ether oxygens (including phenoxy) is 1. The number of amides is 1. The predicted octanol–water partition coefficient (Wildman–Crippen LogP) is 7.11. The zero-order chi connectivity index (χ0) is 31.6. The molecule has 2 unspecified atom stereocenters. The number of Topliss-reactive ketones (excluding diaryl/α,β-unsaturated/α-hetero) is 1. The number of imidazole rings is 1. The number of carbonyl (C=O) groups excluding carboxylic acids is 2. The van der Waals surface area contributed by atoms with Gasteiger partial charge in [-0.15, -0.1) is 0 Å². The van der Waals surface area contributed by atoms with Gasteiger partial charge in [-0.2, -0.15) is 0 Å². The molecule has 3 heterocycles. The average Bonchev–Trinajstić information content (AvgIpc) is 3.95. The van der Waals surface area contributed by atoms with Crippen molar-refractivity contribution >= 4 is 22.6 Å². The first-order valence-corrected chi connectivity index (χ1v) is 17.4. The normalized spacial score (nSPS) is 20.7. The average molecular weight is 614 g/mol. The molecule has 3 fully saturated rings. The van der Waals surface area contributed by atoms with Gasteiger partial charge in [0.05, 0.1) is 30.1 Å². The molecule has 0 radical (unpaired) electrons. The molecule has 242 valence electrons. The topological polar surface area (TPSA) is 100 Å². The van der Waals surface area contributed by atoms with Crippen molar-refractivity contribution in [3.8, 4) is 17.0 Å². The number of hydrogen-bond donors (Lipinski definition) is 2. The molecule has 3 aliphatic rings. The predicted molar refractivity (Wildman–Crippen MR) is 178 cm³/mol. The summed E-state index contributed by atoms with van der Waals surface area (Å²) >= 11 is 0. The number of nitrogens with zero attached hydrogens (tertiary/aromatic N) is 3. The van der Waals surface area contributed by atoms with Crippen molar-refractivity contribution in [3.05, 3.63) is 42.0 Å². The van der Waals surface area contributed by atoms with E-state index < -0.39 is 5.54 Å². The Morgan fingerprint density at radius 3 is 2.64 bits per heavy atom. The van der Waals surface area contributed by atoms with Crippen LogP contribution < -0.4 is 10.1 Å². The number of aryl methyl sites for hydroxylation is 1. The quantitative estimate of drug-likeness (QED) is 0.177. The first-order chi connectivity index (χ1) is 21.8. The highest BCUT2D eigenvalue weighted by molar-refractivity contribution is 5.88. The number of piperidine rings is 1. The Kier molecular flexibility index (Phi) is 9.32. The second-order valence-corrected chi connectivity index (χ2v) is 14.1. The van der Waals surface area contributed by atoms with E-state index in [1.807, 2.05) is 32.2 Å². The summed E-state index contributed by atoms with van der Waals surface area (Å²) in [6.45, 7) is 9.56. The van der Waals surface area contributed by atoms with E-state index in [1.54, 1.807) is 7.11 Å². The Balaban J connectivity index is 1.21. The summed E-state index contributed by atoms with van der Waals surface area (Å²) in [4.78, 5) is 41.8. The molecule has 0 bridgehead atoms. The molecule has 2 aromatic heterocycles. The van der Waals surface area contributed by atoms with Crippen LogP contribution in [0.2, 0.25) is 0 Å². The maximum absolute atomic E-state index is 14.0. The molecule has 8 nitrogen and oxygen atoms in total. The van der Waals surface area contributed by atoms with Crippen LogP contribution in [0.25, 0.3) is 22.2 Å². The maximum atomic E-state index is 14.0. The van der Waals surface area contributed by atoms with Crippen LogP contribution in [0.4, 0.5) is 0 Å². The minimum Gasteiger partial charge on any atom is -0.496 e. The van der Waals surface area contributed by atoms with Crippen molar-refractivity contribution < 1.29 is 14.3 Å². The smallest absolute Gasteiger partial charge is 0.224 e. The molecular formula is C37H51N5O3. The number of unbranched alkanes of at least 4 members (excludes halogenated alkanes) is 2. The van der Waals surface area contributed by atoms with Gasteiger partial charge in [0.1, 0.15) is 17.4 Å². The molecule has 45 heavy (non-hydrogen) atoms. The van der Waals surface area contributed by atoms with Crippen LogP contribution in [0.3, 0.4) is 0 Å². The fraction of sp³-hybridized carbons (Fsp3) is 0.622. The number of nitrogens with one attached hydrogen (secondary N) is 2. The number of H-pyrrole nitrogens is 1. The summed E-state index contributed by atoms with van der Waals surface area (Å²) in [5, 5.41) is 4.60. The number of carbonyl (C=O) groups is 2. The van der Waals surface area contributed by atoms with Crippen LogP contribution in [0.5, 0.6) is 5.75 Å². The number of aromatic nitrogens is 3. The van der Waals surface area contributed by atoms with Crippen molar-refractivity contribution in [2.45, 2.75) is 103 Å². The summed E-state index contributed by atoms with van der Waals surface area (Å²) in [6.07, 6.45) is 13.4. The molecule has 2 aliphatic carbocycles. The fourth-order valence-electron chi connectivity index (χ4n) is 7.55. The fourth-order valence-corrected chi connectivity index (χ4v) is 7.55. The lowest BCUT2D eigenvalue weighted by atomic mass is 9.86. The highest BCUT2D eigenvalue weighted by atomic mass is 16.5. The van der Waals surface area contributed by atoms with Crippen LogP contribution in [0.1, 0.15) is 102 Å². The number of methoxy groups -OCH3 is 1. The number of aromatic amines is 1. The Labute approximate surface area is 268 Å². The van der Waals surface area contributed by atoms with Gasteiger partial charge in [0.25, 0.3) is 0 Å². The van der Waals surface area contributed by atoms with Crippen LogP contribution in [-0.2, 0) is 15.1 Å². The van der Waals surface area contributed by atoms with Crippen molar-refractivity contribution in [2.24, 2.45) is 17.3 Å². The minimum atomic E-state index is -0.608. The third-order valence-corrected chi connectivity index (χ3v) is 11.0. The SMILES string of the molecule is CCC(=O)CCCCCC(CC)(NC(=O)C1CC12CCN(CC1CC1)CC2)c1ncc(-c2cc3ccc(C)nc3cc2OC)[nH]1. The second kappa shape index (κ2) is 13.2. The number of hydrogen-bond acceptors (Lipinski definition) is 6. The van der Waals surface area contributed by atoms with E-state index >= 15 is 0 Å². The number of ketones is 1. The van der Waals surface area contributed by atoms with Crippen molar-refractivity contribution in [1.29, 1.82) is 0 Å². The molecule has 6 rings (SSSR count). The summed E-state index contributed by atoms with van der Waals surface area (Å²) < 4.78 is 5.80. The lowest BCUT2D eigenvalue weighted by Gasteiger charge is -2.35. The number of pyridine rings is 1. The maximum Gasteiger partial charge on any atom is 0.224 e. The molecule has 1 aromatic carbocycles. The van der Waals surface area contributed by atoms with Crippen LogP contribution in [0, 0.1) is 24.2 Å². The van der Waals surface area contributed by atoms with E-state index in [0.717, 1.165) is 110 Å². The van der Waals surface area contributed by atoms with Crippen LogP contribution >= 0.6 is 0 Å². The van der Waals surface area contributed by atoms with E-state index in [4.69, 9.17) is 9.72 Å². The van der Waals surface area contributed by atoms with Crippen molar-refractivity contribution in [2.75, 3.05) is 26.7 Å². The van der Waals surface area contributed by atoms with Gasteiger partial charge in [-0.25, -0.2) is 4.98 Å². The molecule has 1 spiro atoms. The Hall–Kier alpha value is -3.26. The van der Waals surface area contributed by atoms with Gasteiger partial charge in [-0.3, -0.25) is 14.6 Å². The molecule has 1 aliphatic heterocycles. The first kappa shape index (κ1) is 31.7. The molecular weight excluding hydrogens is 562 g/mol. The van der Waals surface area contributed by atoms with E-state index in [2.05, 4.69) is 39.2 Å². The highest BCUT2D eigenvalue weighted by Gasteiger charge is 2.59. The summed E-state index contributed by atoms with van der Waals surface area (Å²) in [5.74, 6) is 3.01. The monoisotopic (exact) mass is 613 g/mol. The largest absolute Gasteiger partial charge is 0.496 e. The molecule has 1 saturated heterocycles. The first-order valence-electron chi connectivity index (χ1n) is 17.4. The molecule has 2 atom stereocenters. The van der Waals surface area contributed by atoms with Gasteiger partial charge in [0, 0.05) is 48.0 Å². The van der Waals surface area contributed by atoms with Gasteiger partial charge in [-0.1, -0.05) is 32.8 Å². The van der Waals surface area contributed by atoms with Gasteiger partial charge < -0.3 is 19.9 Å². The van der Waals surface area contributed by atoms with E-state index in [0.29, 0.717) is 18.6 Å². The summed E-state index contributed by atoms with van der Waals surface area (Å²) in [6, 6.07) is 8.18. The van der Waals surface area contributed by atoms with Gasteiger partial charge >= 0.3 is 0 Å². The van der Waals surface area contributed by atoms with Crippen molar-refractivity contribution in [1.82, 2.24) is 25.2 Å². The Morgan fingerprint density at radius 1 is 1.13 bits per heavy atom. The molecule has 2 N–H and O–H groups in total. The van der Waals surface area contributed by atoms with Gasteiger partial charge in [-0.05, 0) is 94.8 Å². The molecule has 3 aromatic rings. The van der Waals surface area contributed by atoms with Crippen LogP contribution in [-0.4, -0.2) is 58.3 Å². The zero-order valence-corrected chi connectivity index (χ0v) is 27.7. The molecule has 2 saturated carbocycles.